The maximum atomic E-state index is 6.53. The molecule has 0 amide bonds. The number of benzene rings is 2. The van der Waals surface area contributed by atoms with Crippen molar-refractivity contribution >= 4 is 17.3 Å². The lowest BCUT2D eigenvalue weighted by molar-refractivity contribution is 0.221. The van der Waals surface area contributed by atoms with E-state index in [1.54, 1.807) is 0 Å². The van der Waals surface area contributed by atoms with Gasteiger partial charge in [0.1, 0.15) is 0 Å². The van der Waals surface area contributed by atoms with Crippen molar-refractivity contribution in [3.63, 3.8) is 0 Å². The van der Waals surface area contributed by atoms with Gasteiger partial charge in [0.25, 0.3) is 0 Å². The summed E-state index contributed by atoms with van der Waals surface area (Å²) in [6.07, 6.45) is 6.20. The molecule has 2 aliphatic heterocycles. The lowest BCUT2D eigenvalue weighted by Crippen LogP contribution is -2.29. The van der Waals surface area contributed by atoms with E-state index in [2.05, 4.69) is 45.9 Å². The van der Waals surface area contributed by atoms with E-state index in [9.17, 15) is 0 Å². The molecule has 1 fully saturated rings. The third-order valence-corrected chi connectivity index (χ3v) is 6.14. The van der Waals surface area contributed by atoms with Gasteiger partial charge in [-0.25, -0.2) is 0 Å². The van der Waals surface area contributed by atoms with E-state index in [1.165, 1.54) is 54.6 Å². The molecule has 4 heteroatoms. The summed E-state index contributed by atoms with van der Waals surface area (Å²) in [5, 5.41) is 7.93. The number of hydrogen-bond donors (Lipinski definition) is 2. The molecule has 144 valence electrons. The number of nitrogens with one attached hydrogen (secondary N) is 2. The van der Waals surface area contributed by atoms with Gasteiger partial charge in [-0.2, -0.15) is 0 Å². The van der Waals surface area contributed by atoms with E-state index in [0.717, 1.165) is 49.7 Å². The van der Waals surface area contributed by atoms with Crippen LogP contribution in [0.2, 0.25) is 5.02 Å². The third kappa shape index (κ3) is 4.84. The molecule has 0 bridgehead atoms. The second-order valence-electron chi connectivity index (χ2n) is 7.82. The molecule has 2 N–H and O–H groups in total. The van der Waals surface area contributed by atoms with E-state index in [1.807, 2.05) is 6.07 Å². The molecule has 27 heavy (non-hydrogen) atoms. The number of piperidine rings is 1. The van der Waals surface area contributed by atoms with Gasteiger partial charge in [0.05, 0.1) is 10.7 Å². The summed E-state index contributed by atoms with van der Waals surface area (Å²) < 4.78 is 0. The normalized spacial score (nSPS) is 18.0. The molecule has 2 aliphatic rings. The van der Waals surface area contributed by atoms with Crippen molar-refractivity contribution in [3.05, 3.63) is 63.7 Å². The minimum absolute atomic E-state index is 0.813. The summed E-state index contributed by atoms with van der Waals surface area (Å²) in [4.78, 5) is 2.57. The average Bonchev–Trinajstić information content (AvgIpc) is 2.95. The molecule has 1 saturated heterocycles. The van der Waals surface area contributed by atoms with Gasteiger partial charge >= 0.3 is 0 Å². The summed E-state index contributed by atoms with van der Waals surface area (Å²) in [5.74, 6) is 0. The summed E-state index contributed by atoms with van der Waals surface area (Å²) in [7, 11) is 0. The van der Waals surface area contributed by atoms with Gasteiger partial charge in [0.2, 0.25) is 0 Å². The first kappa shape index (κ1) is 18.8. The Morgan fingerprint density at radius 2 is 1.63 bits per heavy atom. The molecule has 0 radical (unpaired) electrons. The van der Waals surface area contributed by atoms with Crippen LogP contribution in [-0.2, 0) is 25.9 Å². The van der Waals surface area contributed by atoms with Crippen molar-refractivity contribution in [2.75, 3.05) is 31.5 Å². The first-order chi connectivity index (χ1) is 13.3. The predicted octanol–water partition coefficient (Wildman–Crippen LogP) is 4.63. The maximum Gasteiger partial charge on any atom is 0.0640 e. The van der Waals surface area contributed by atoms with Crippen molar-refractivity contribution in [3.8, 4) is 0 Å². The number of likely N-dealkylation sites (tertiary alicyclic amines) is 1. The third-order valence-electron chi connectivity index (χ3n) is 5.83. The van der Waals surface area contributed by atoms with Crippen LogP contribution in [0.15, 0.2) is 36.4 Å². The van der Waals surface area contributed by atoms with E-state index in [0.29, 0.717) is 0 Å². The SMILES string of the molecule is Clc1ccc2c(c1NCc1ccc(CN3CCCCC3)cc1)CCNCC2. The number of fused-ring (bicyclic) bond motifs is 1. The van der Waals surface area contributed by atoms with Crippen molar-refractivity contribution in [2.24, 2.45) is 0 Å². The van der Waals surface area contributed by atoms with Crippen molar-refractivity contribution in [2.45, 2.75) is 45.2 Å². The predicted molar refractivity (Wildman–Crippen MR) is 115 cm³/mol. The summed E-state index contributed by atoms with van der Waals surface area (Å²) in [6.45, 7) is 6.46. The molecular formula is C23H30ClN3. The number of halogens is 1. The minimum atomic E-state index is 0.813. The highest BCUT2D eigenvalue weighted by atomic mass is 35.5. The molecular weight excluding hydrogens is 354 g/mol. The zero-order valence-corrected chi connectivity index (χ0v) is 16.8. The van der Waals surface area contributed by atoms with E-state index in [4.69, 9.17) is 11.6 Å². The Kier molecular flexibility index (Phi) is 6.33. The Bertz CT molecular complexity index is 751. The Balaban J connectivity index is 1.40. The van der Waals surface area contributed by atoms with Gasteiger partial charge in [-0.05, 0) is 80.2 Å². The molecule has 0 atom stereocenters. The second-order valence-corrected chi connectivity index (χ2v) is 8.22. The van der Waals surface area contributed by atoms with E-state index in [-0.39, 0.29) is 0 Å². The largest absolute Gasteiger partial charge is 0.380 e. The van der Waals surface area contributed by atoms with Crippen LogP contribution in [0.4, 0.5) is 5.69 Å². The molecule has 3 nitrogen and oxygen atoms in total. The average molecular weight is 384 g/mol. The molecule has 0 aromatic heterocycles. The van der Waals surface area contributed by atoms with Crippen LogP contribution in [0.1, 0.15) is 41.5 Å². The van der Waals surface area contributed by atoms with E-state index < -0.39 is 0 Å². The lowest BCUT2D eigenvalue weighted by Gasteiger charge is -2.26. The highest BCUT2D eigenvalue weighted by molar-refractivity contribution is 6.33. The Hall–Kier alpha value is -1.55. The topological polar surface area (TPSA) is 27.3 Å². The zero-order valence-electron chi connectivity index (χ0n) is 16.1. The fourth-order valence-corrected chi connectivity index (χ4v) is 4.51. The molecule has 2 aromatic rings. The van der Waals surface area contributed by atoms with Crippen molar-refractivity contribution in [1.29, 1.82) is 0 Å². The Morgan fingerprint density at radius 1 is 0.889 bits per heavy atom. The van der Waals surface area contributed by atoms with Crippen LogP contribution in [-0.4, -0.2) is 31.1 Å². The first-order valence-electron chi connectivity index (χ1n) is 10.3. The number of anilines is 1. The molecule has 0 spiro atoms. The second kappa shape index (κ2) is 9.09. The van der Waals surface area contributed by atoms with Gasteiger partial charge in [-0.15, -0.1) is 0 Å². The van der Waals surface area contributed by atoms with Gasteiger partial charge in [0.15, 0.2) is 0 Å². The molecule has 0 aliphatic carbocycles. The van der Waals surface area contributed by atoms with Crippen molar-refractivity contribution < 1.29 is 0 Å². The smallest absolute Gasteiger partial charge is 0.0640 e. The number of rotatable bonds is 5. The zero-order chi connectivity index (χ0) is 18.5. The van der Waals surface area contributed by atoms with Crippen LogP contribution < -0.4 is 10.6 Å². The van der Waals surface area contributed by atoms with Crippen LogP contribution in [0.3, 0.4) is 0 Å². The van der Waals surface area contributed by atoms with Crippen LogP contribution in [0.25, 0.3) is 0 Å². The summed E-state index contributed by atoms with van der Waals surface area (Å²) in [5.41, 5.74) is 6.64. The summed E-state index contributed by atoms with van der Waals surface area (Å²) in [6, 6.07) is 13.3. The highest BCUT2D eigenvalue weighted by Gasteiger charge is 2.15. The van der Waals surface area contributed by atoms with E-state index >= 15 is 0 Å². The number of hydrogen-bond acceptors (Lipinski definition) is 3. The van der Waals surface area contributed by atoms with Crippen LogP contribution in [0, 0.1) is 0 Å². The van der Waals surface area contributed by atoms with Crippen LogP contribution in [0.5, 0.6) is 0 Å². The maximum absolute atomic E-state index is 6.53. The molecule has 0 saturated carbocycles. The first-order valence-corrected chi connectivity index (χ1v) is 10.7. The molecule has 2 heterocycles. The standard InChI is InChI=1S/C23H30ClN3/c24-22-9-8-20-10-12-25-13-11-21(20)23(22)26-16-18-4-6-19(7-5-18)17-27-14-2-1-3-15-27/h4-9,25-26H,1-3,10-17H2. The molecule has 0 unspecified atom stereocenters. The van der Waals surface area contributed by atoms with Gasteiger partial charge in [0, 0.05) is 13.1 Å². The molecule has 2 aromatic carbocycles. The van der Waals surface area contributed by atoms with Gasteiger partial charge in [-0.3, -0.25) is 4.90 Å². The fraction of sp³-hybridized carbons (Fsp3) is 0.478. The Labute approximate surface area is 168 Å². The van der Waals surface area contributed by atoms with Gasteiger partial charge in [-0.1, -0.05) is 48.4 Å². The lowest BCUT2D eigenvalue weighted by atomic mass is 10.0. The minimum Gasteiger partial charge on any atom is -0.380 e. The van der Waals surface area contributed by atoms with Gasteiger partial charge < -0.3 is 10.6 Å². The molecule has 4 rings (SSSR count). The quantitative estimate of drug-likeness (QED) is 0.788. The highest BCUT2D eigenvalue weighted by Crippen LogP contribution is 2.31. The Morgan fingerprint density at radius 3 is 2.44 bits per heavy atom. The fourth-order valence-electron chi connectivity index (χ4n) is 4.26. The van der Waals surface area contributed by atoms with Crippen molar-refractivity contribution in [1.82, 2.24) is 10.2 Å². The number of nitrogens with zero attached hydrogens (tertiary/aromatic N) is 1. The van der Waals surface area contributed by atoms with Crippen LogP contribution >= 0.6 is 11.6 Å². The monoisotopic (exact) mass is 383 g/mol. The summed E-state index contributed by atoms with van der Waals surface area (Å²) >= 11 is 6.53.